The van der Waals surface area contributed by atoms with Crippen LogP contribution in [0.2, 0.25) is 0 Å². The summed E-state index contributed by atoms with van der Waals surface area (Å²) in [7, 11) is 0. The van der Waals surface area contributed by atoms with Gasteiger partial charge in [0.1, 0.15) is 5.75 Å². The molecule has 0 saturated heterocycles. The van der Waals surface area contributed by atoms with Gasteiger partial charge in [0.2, 0.25) is 0 Å². The van der Waals surface area contributed by atoms with Crippen molar-refractivity contribution in [2.24, 2.45) is 0 Å². The molecule has 186 valence electrons. The van der Waals surface area contributed by atoms with Crippen molar-refractivity contribution in [3.8, 4) is 16.9 Å². The molecule has 5 rings (SSSR count). The number of esters is 1. The molecule has 0 radical (unpaired) electrons. The summed E-state index contributed by atoms with van der Waals surface area (Å²) in [4.78, 5) is 13.6. The highest BCUT2D eigenvalue weighted by Crippen LogP contribution is 2.35. The molecule has 5 aromatic rings. The van der Waals surface area contributed by atoms with E-state index in [0.29, 0.717) is 5.75 Å². The van der Waals surface area contributed by atoms with Gasteiger partial charge in [-0.25, -0.2) is 4.79 Å². The summed E-state index contributed by atoms with van der Waals surface area (Å²) in [5, 5.41) is 0. The van der Waals surface area contributed by atoms with Gasteiger partial charge in [-0.3, -0.25) is 0 Å². The maximum absolute atomic E-state index is 11.4. The van der Waals surface area contributed by atoms with Crippen LogP contribution in [-0.4, -0.2) is 5.97 Å². The zero-order chi connectivity index (χ0) is 26.2. The topological polar surface area (TPSA) is 29.5 Å². The summed E-state index contributed by atoms with van der Waals surface area (Å²) in [6, 6.07) is 46.0. The van der Waals surface area contributed by atoms with E-state index in [1.807, 2.05) is 36.4 Å². The monoisotopic (exact) mass is 495 g/mol. The second-order valence-electron chi connectivity index (χ2n) is 9.02. The largest absolute Gasteiger partial charge is 0.423 e. The van der Waals surface area contributed by atoms with Crippen molar-refractivity contribution in [3.05, 3.63) is 157 Å². The number of hydrogen-bond acceptors (Lipinski definition) is 3. The molecule has 38 heavy (non-hydrogen) atoms. The van der Waals surface area contributed by atoms with Crippen LogP contribution in [0.3, 0.4) is 0 Å². The molecule has 0 aromatic heterocycles. The summed E-state index contributed by atoms with van der Waals surface area (Å²) in [6.07, 6.45) is 2.98. The number of carbonyl (C=O) groups excluding carboxylic acids is 1. The summed E-state index contributed by atoms with van der Waals surface area (Å²) < 4.78 is 5.16. The first-order valence-corrected chi connectivity index (χ1v) is 12.7. The summed E-state index contributed by atoms with van der Waals surface area (Å²) in [5.41, 5.74) is 8.21. The third kappa shape index (κ3) is 6.08. The molecular weight excluding hydrogens is 466 g/mol. The number of nitrogens with zero attached hydrogens (tertiary/aromatic N) is 1. The molecule has 0 heterocycles. The van der Waals surface area contributed by atoms with Crippen LogP contribution in [0.1, 0.15) is 11.1 Å². The van der Waals surface area contributed by atoms with Gasteiger partial charge in [0, 0.05) is 23.1 Å². The highest BCUT2D eigenvalue weighted by Gasteiger charge is 2.12. The Morgan fingerprint density at radius 2 is 1.03 bits per heavy atom. The molecule has 0 saturated carbocycles. The van der Waals surface area contributed by atoms with Crippen molar-refractivity contribution >= 4 is 23.0 Å². The van der Waals surface area contributed by atoms with Crippen molar-refractivity contribution in [1.29, 1.82) is 0 Å². The molecule has 5 aromatic carbocycles. The Labute approximate surface area is 224 Å². The lowest BCUT2D eigenvalue weighted by Crippen LogP contribution is -2.09. The quantitative estimate of drug-likeness (QED) is 0.116. The first-order valence-electron chi connectivity index (χ1n) is 12.7. The van der Waals surface area contributed by atoms with Gasteiger partial charge in [-0.2, -0.15) is 0 Å². The maximum Gasteiger partial charge on any atom is 0.335 e. The average molecular weight is 496 g/mol. The van der Waals surface area contributed by atoms with Crippen LogP contribution in [-0.2, 0) is 17.6 Å². The number of benzene rings is 5. The van der Waals surface area contributed by atoms with E-state index in [1.54, 1.807) is 0 Å². The van der Waals surface area contributed by atoms with Crippen LogP contribution in [0.4, 0.5) is 17.1 Å². The van der Waals surface area contributed by atoms with Gasteiger partial charge in [-0.05, 0) is 83.6 Å². The first-order chi connectivity index (χ1) is 18.7. The minimum Gasteiger partial charge on any atom is -0.423 e. The Morgan fingerprint density at radius 1 is 0.579 bits per heavy atom. The van der Waals surface area contributed by atoms with Crippen LogP contribution in [0.25, 0.3) is 11.1 Å². The molecule has 0 amide bonds. The average Bonchev–Trinajstić information content (AvgIpc) is 2.99. The zero-order valence-electron chi connectivity index (χ0n) is 21.2. The molecule has 0 fully saturated rings. The van der Waals surface area contributed by atoms with E-state index >= 15 is 0 Å². The predicted molar refractivity (Wildman–Crippen MR) is 156 cm³/mol. The van der Waals surface area contributed by atoms with E-state index in [4.69, 9.17) is 4.74 Å². The van der Waals surface area contributed by atoms with Crippen LogP contribution in [0.15, 0.2) is 146 Å². The second kappa shape index (κ2) is 11.9. The molecule has 0 bridgehead atoms. The van der Waals surface area contributed by atoms with E-state index < -0.39 is 5.97 Å². The lowest BCUT2D eigenvalue weighted by molar-refractivity contribution is -0.128. The van der Waals surface area contributed by atoms with E-state index in [0.717, 1.165) is 36.0 Å². The van der Waals surface area contributed by atoms with Crippen LogP contribution >= 0.6 is 0 Å². The second-order valence-corrected chi connectivity index (χ2v) is 9.02. The Balaban J connectivity index is 1.32. The highest BCUT2D eigenvalue weighted by molar-refractivity contribution is 5.83. The lowest BCUT2D eigenvalue weighted by Gasteiger charge is -2.26. The number of anilines is 3. The van der Waals surface area contributed by atoms with Gasteiger partial charge in [0.15, 0.2) is 0 Å². The number of rotatable bonds is 9. The smallest absolute Gasteiger partial charge is 0.335 e. The fraction of sp³-hybridized carbons (Fsp3) is 0.0571. The molecule has 0 spiro atoms. The van der Waals surface area contributed by atoms with Crippen molar-refractivity contribution in [1.82, 2.24) is 0 Å². The van der Waals surface area contributed by atoms with Crippen LogP contribution in [0.5, 0.6) is 5.75 Å². The number of para-hydroxylation sites is 1. The van der Waals surface area contributed by atoms with Crippen molar-refractivity contribution in [3.63, 3.8) is 0 Å². The van der Waals surface area contributed by atoms with Crippen molar-refractivity contribution in [2.45, 2.75) is 12.8 Å². The molecule has 0 aliphatic carbocycles. The van der Waals surface area contributed by atoms with Crippen molar-refractivity contribution in [2.75, 3.05) is 4.90 Å². The lowest BCUT2D eigenvalue weighted by atomic mass is 10.0. The van der Waals surface area contributed by atoms with Crippen LogP contribution in [0, 0.1) is 0 Å². The Bertz CT molecular complexity index is 1470. The van der Waals surface area contributed by atoms with Gasteiger partial charge in [-0.1, -0.05) is 91.5 Å². The van der Waals surface area contributed by atoms with Crippen LogP contribution < -0.4 is 9.64 Å². The minimum atomic E-state index is -0.450. The minimum absolute atomic E-state index is 0.450. The van der Waals surface area contributed by atoms with Gasteiger partial charge >= 0.3 is 5.97 Å². The zero-order valence-corrected chi connectivity index (χ0v) is 21.2. The molecule has 0 N–H and O–H groups in total. The Hall–Kier alpha value is -4.89. The molecule has 3 nitrogen and oxygen atoms in total. The number of aryl methyl sites for hydroxylation is 2. The summed E-state index contributed by atoms with van der Waals surface area (Å²) >= 11 is 0. The fourth-order valence-electron chi connectivity index (χ4n) is 4.44. The number of ether oxygens (including phenoxy) is 1. The van der Waals surface area contributed by atoms with E-state index in [1.165, 1.54) is 22.3 Å². The molecular formula is C35H29NO2. The molecule has 3 heteroatoms. The van der Waals surface area contributed by atoms with E-state index in [2.05, 4.69) is 109 Å². The molecule has 0 aliphatic rings. The van der Waals surface area contributed by atoms with Gasteiger partial charge in [0.05, 0.1) is 0 Å². The SMILES string of the molecule is C=CC(=O)Oc1ccc(CCc2ccc(N(c3ccccc3)c3ccc(-c4ccccc4)cc3)cc2)cc1. The number of carbonyl (C=O) groups is 1. The molecule has 0 aliphatic heterocycles. The summed E-state index contributed by atoms with van der Waals surface area (Å²) in [5.74, 6) is 0.0790. The normalized spacial score (nSPS) is 10.5. The number of hydrogen-bond donors (Lipinski definition) is 0. The summed E-state index contributed by atoms with van der Waals surface area (Å²) in [6.45, 7) is 3.43. The third-order valence-corrected chi connectivity index (χ3v) is 6.45. The fourth-order valence-corrected chi connectivity index (χ4v) is 4.44. The Kier molecular flexibility index (Phi) is 7.76. The Morgan fingerprint density at radius 3 is 1.58 bits per heavy atom. The van der Waals surface area contributed by atoms with Gasteiger partial charge in [-0.15, -0.1) is 0 Å². The molecule has 0 atom stereocenters. The van der Waals surface area contributed by atoms with Gasteiger partial charge < -0.3 is 9.64 Å². The first kappa shape index (κ1) is 24.8. The van der Waals surface area contributed by atoms with E-state index in [9.17, 15) is 4.79 Å². The predicted octanol–water partition coefficient (Wildman–Crippen LogP) is 8.70. The van der Waals surface area contributed by atoms with Gasteiger partial charge in [0.25, 0.3) is 0 Å². The maximum atomic E-state index is 11.4. The van der Waals surface area contributed by atoms with Crippen molar-refractivity contribution < 1.29 is 9.53 Å². The molecule has 0 unspecified atom stereocenters. The standard InChI is InChI=1S/C35H29NO2/c1-2-35(37)38-34-25-17-28(18-26-34)14-13-27-15-21-32(22-16-27)36(31-11-7-4-8-12-31)33-23-19-30(20-24-33)29-9-5-3-6-10-29/h2-12,15-26H,1,13-14H2. The highest BCUT2D eigenvalue weighted by atomic mass is 16.5. The third-order valence-electron chi connectivity index (χ3n) is 6.45. The van der Waals surface area contributed by atoms with E-state index in [-0.39, 0.29) is 0 Å².